The molecular formula is C40H44FN9O3. The van der Waals surface area contributed by atoms with Gasteiger partial charge in [0.2, 0.25) is 5.91 Å². The first-order valence-corrected chi connectivity index (χ1v) is 18.4. The fourth-order valence-electron chi connectivity index (χ4n) is 8.73. The van der Waals surface area contributed by atoms with Gasteiger partial charge in [0.25, 0.3) is 11.8 Å². The van der Waals surface area contributed by atoms with Crippen molar-refractivity contribution >= 4 is 17.7 Å². The van der Waals surface area contributed by atoms with Crippen LogP contribution in [0.3, 0.4) is 0 Å². The molecule has 13 heteroatoms. The van der Waals surface area contributed by atoms with Crippen LogP contribution in [0.1, 0.15) is 88.0 Å². The van der Waals surface area contributed by atoms with Crippen LogP contribution >= 0.6 is 0 Å². The zero-order chi connectivity index (χ0) is 37.3. The van der Waals surface area contributed by atoms with Gasteiger partial charge >= 0.3 is 0 Å². The number of carbonyl (C=O) groups is 3. The molecule has 274 valence electrons. The van der Waals surface area contributed by atoms with Crippen LogP contribution in [0.5, 0.6) is 0 Å². The monoisotopic (exact) mass is 717 g/mol. The molecule has 3 aromatic carbocycles. The van der Waals surface area contributed by atoms with E-state index in [1.165, 1.54) is 12.1 Å². The van der Waals surface area contributed by atoms with E-state index >= 15 is 0 Å². The highest BCUT2D eigenvalue weighted by Crippen LogP contribution is 2.53. The number of H-pyrrole nitrogens is 1. The largest absolute Gasteiger partial charge is 0.352 e. The van der Waals surface area contributed by atoms with Crippen LogP contribution in [-0.4, -0.2) is 81.0 Å². The smallest absolute Gasteiger partial charge is 0.251 e. The lowest BCUT2D eigenvalue weighted by atomic mass is 9.67. The Hall–Kier alpha value is -5.48. The summed E-state index contributed by atoms with van der Waals surface area (Å²) in [6.07, 6.45) is 2.61. The number of hydrogen-bond acceptors (Lipinski definition) is 8. The Labute approximate surface area is 307 Å². The number of amides is 3. The van der Waals surface area contributed by atoms with E-state index in [4.69, 9.17) is 0 Å². The maximum Gasteiger partial charge on any atom is 0.251 e. The normalized spacial score (nSPS) is 21.3. The van der Waals surface area contributed by atoms with Gasteiger partial charge in [-0.15, -0.1) is 10.2 Å². The topological polar surface area (TPSA) is 169 Å². The maximum absolute atomic E-state index is 14.1. The van der Waals surface area contributed by atoms with Gasteiger partial charge in [-0.25, -0.2) is 4.39 Å². The van der Waals surface area contributed by atoms with E-state index in [2.05, 4.69) is 49.6 Å². The number of aromatic nitrogens is 4. The number of nitriles is 1. The van der Waals surface area contributed by atoms with Crippen LogP contribution in [0.15, 0.2) is 60.7 Å². The van der Waals surface area contributed by atoms with Gasteiger partial charge in [-0.05, 0) is 122 Å². The molecule has 1 aliphatic heterocycles. The molecule has 0 radical (unpaired) electrons. The lowest BCUT2D eigenvalue weighted by molar-refractivity contribution is -0.131. The number of piperidine rings is 1. The zero-order valence-corrected chi connectivity index (χ0v) is 30.2. The van der Waals surface area contributed by atoms with Gasteiger partial charge in [0.15, 0.2) is 5.82 Å². The Balaban J connectivity index is 1.35. The van der Waals surface area contributed by atoms with Crippen LogP contribution in [0, 0.1) is 29.0 Å². The predicted octanol–water partition coefficient (Wildman–Crippen LogP) is 3.62. The average Bonchev–Trinajstić information content (AvgIpc) is 3.49. The SMILES string of the molecule is CCNC(=O)c1ccc2c(c1)CCc1cc(C(=O)NCC)ccc1C2(C[C@H](Cc1ccc(F)cc1)NCC(=O)N1C(C#N)C[C@@H]2[C@H](C)[C@@H]21)c1nn[nH]n1. The molecule has 12 nitrogen and oxygen atoms in total. The number of nitrogens with zero attached hydrogens (tertiary/aromatic N) is 5. The molecular weight excluding hydrogens is 673 g/mol. The third-order valence-corrected chi connectivity index (χ3v) is 11.3. The Kier molecular flexibility index (Phi) is 10.1. The average molecular weight is 718 g/mol. The predicted molar refractivity (Wildman–Crippen MR) is 194 cm³/mol. The summed E-state index contributed by atoms with van der Waals surface area (Å²) in [5, 5.41) is 35.1. The third kappa shape index (κ3) is 6.79. The lowest BCUT2D eigenvalue weighted by Crippen LogP contribution is -2.48. The quantitative estimate of drug-likeness (QED) is 0.172. The molecule has 4 aromatic rings. The molecule has 3 aliphatic rings. The summed E-state index contributed by atoms with van der Waals surface area (Å²) in [6, 6.07) is 19.2. The first-order valence-electron chi connectivity index (χ1n) is 18.4. The van der Waals surface area contributed by atoms with Crippen molar-refractivity contribution in [3.05, 3.63) is 111 Å². The van der Waals surface area contributed by atoms with Crippen molar-refractivity contribution in [2.75, 3.05) is 19.6 Å². The lowest BCUT2D eigenvalue weighted by Gasteiger charge is -2.37. The molecule has 1 aromatic heterocycles. The summed E-state index contributed by atoms with van der Waals surface area (Å²) in [6.45, 7) is 6.83. The summed E-state index contributed by atoms with van der Waals surface area (Å²) in [4.78, 5) is 41.8. The zero-order valence-electron chi connectivity index (χ0n) is 30.2. The number of tetrazole rings is 1. The Morgan fingerprint density at radius 3 is 2.15 bits per heavy atom. The molecule has 0 spiro atoms. The van der Waals surface area contributed by atoms with Crippen molar-refractivity contribution < 1.29 is 18.8 Å². The highest BCUT2D eigenvalue weighted by Gasteiger charge is 2.60. The Bertz CT molecular complexity index is 1980. The number of aryl methyl sites for hydroxylation is 2. The van der Waals surface area contributed by atoms with E-state index in [1.807, 2.05) is 38.1 Å². The second-order valence-electron chi connectivity index (χ2n) is 14.4. The van der Waals surface area contributed by atoms with Gasteiger partial charge in [0.1, 0.15) is 11.9 Å². The van der Waals surface area contributed by atoms with Crippen LogP contribution in [0.4, 0.5) is 4.39 Å². The number of rotatable bonds is 12. The van der Waals surface area contributed by atoms with E-state index in [1.54, 1.807) is 29.2 Å². The van der Waals surface area contributed by atoms with Gasteiger partial charge in [0.05, 0.1) is 18.0 Å². The van der Waals surface area contributed by atoms with Crippen LogP contribution in [-0.2, 0) is 29.5 Å². The second kappa shape index (κ2) is 14.9. The van der Waals surface area contributed by atoms with E-state index in [0.29, 0.717) is 74.0 Å². The van der Waals surface area contributed by atoms with Crippen molar-refractivity contribution in [2.45, 2.75) is 76.4 Å². The second-order valence-corrected chi connectivity index (χ2v) is 14.4. The summed E-state index contributed by atoms with van der Waals surface area (Å²) in [5.74, 6) is 0.277. The van der Waals surface area contributed by atoms with Crippen molar-refractivity contribution in [1.82, 2.24) is 41.5 Å². The maximum atomic E-state index is 14.1. The molecule has 7 rings (SSSR count). The van der Waals surface area contributed by atoms with Crippen molar-refractivity contribution in [3.63, 3.8) is 0 Å². The summed E-state index contributed by atoms with van der Waals surface area (Å²) < 4.78 is 14.1. The van der Waals surface area contributed by atoms with Crippen molar-refractivity contribution in [2.24, 2.45) is 11.8 Å². The highest BCUT2D eigenvalue weighted by molar-refractivity contribution is 5.95. The van der Waals surface area contributed by atoms with Gasteiger partial charge in [-0.2, -0.15) is 10.5 Å². The number of nitrogens with one attached hydrogen (secondary N) is 4. The van der Waals surface area contributed by atoms with Crippen molar-refractivity contribution in [1.29, 1.82) is 5.26 Å². The minimum absolute atomic E-state index is 0.00568. The van der Waals surface area contributed by atoms with Crippen LogP contribution in [0.25, 0.3) is 0 Å². The van der Waals surface area contributed by atoms with E-state index in [-0.39, 0.29) is 36.1 Å². The number of benzene rings is 3. The fraction of sp³-hybridized carbons (Fsp3) is 0.425. The van der Waals surface area contributed by atoms with E-state index in [9.17, 15) is 24.0 Å². The number of halogens is 1. The first kappa shape index (κ1) is 35.9. The van der Waals surface area contributed by atoms with Gasteiger partial charge in [-0.1, -0.05) is 36.4 Å². The fourth-order valence-corrected chi connectivity index (χ4v) is 8.73. The third-order valence-electron chi connectivity index (χ3n) is 11.3. The number of aromatic amines is 1. The molecule has 2 heterocycles. The standard InChI is InChI=1S/C40H44FN9O3/c1-4-43-37(52)27-10-14-33-25(17-27)8-9-26-18-28(38(53)44-5-2)11-15-34(26)40(33,39-46-48-49-47-39)20-30(16-24-6-12-29(41)13-7-24)45-22-35(51)50-31(21-42)19-32-23(3)36(32)50/h6-7,10-15,17-18,23,30-32,36,45H,4-5,8-9,16,19-20,22H2,1-3H3,(H,43,52)(H,44,53)(H,46,47,48,49)/t23-,30-,31?,32+,36-/m0/s1. The van der Waals surface area contributed by atoms with Gasteiger partial charge in [-0.3, -0.25) is 14.4 Å². The number of fused-ring (bicyclic) bond motifs is 3. The van der Waals surface area contributed by atoms with Crippen LogP contribution in [0.2, 0.25) is 0 Å². The minimum Gasteiger partial charge on any atom is -0.352 e. The first-order chi connectivity index (χ1) is 25.7. The summed E-state index contributed by atoms with van der Waals surface area (Å²) in [5.41, 5.74) is 4.46. The van der Waals surface area contributed by atoms with Crippen LogP contribution < -0.4 is 16.0 Å². The van der Waals surface area contributed by atoms with Crippen molar-refractivity contribution in [3.8, 4) is 6.07 Å². The molecule has 2 aliphatic carbocycles. The molecule has 1 saturated carbocycles. The number of likely N-dealkylation sites (tertiary alicyclic amines) is 1. The molecule has 1 saturated heterocycles. The minimum atomic E-state index is -1.06. The molecule has 4 N–H and O–H groups in total. The molecule has 53 heavy (non-hydrogen) atoms. The molecule has 0 bridgehead atoms. The Morgan fingerprint density at radius 2 is 1.60 bits per heavy atom. The summed E-state index contributed by atoms with van der Waals surface area (Å²) in [7, 11) is 0. The number of hydrogen-bond donors (Lipinski definition) is 4. The van der Waals surface area contributed by atoms with E-state index in [0.717, 1.165) is 27.8 Å². The molecule has 1 unspecified atom stereocenters. The Morgan fingerprint density at radius 1 is 0.981 bits per heavy atom. The molecule has 5 atom stereocenters. The van der Waals surface area contributed by atoms with E-state index < -0.39 is 17.5 Å². The summed E-state index contributed by atoms with van der Waals surface area (Å²) >= 11 is 0. The highest BCUT2D eigenvalue weighted by atomic mass is 19.1. The van der Waals surface area contributed by atoms with Gasteiger partial charge in [0, 0.05) is 36.3 Å². The molecule has 2 fully saturated rings. The number of carbonyl (C=O) groups excluding carboxylic acids is 3. The van der Waals surface area contributed by atoms with Gasteiger partial charge < -0.3 is 20.9 Å². The molecule has 3 amide bonds.